The number of ether oxygens (including phenoxy) is 1. The van der Waals surface area contributed by atoms with Crippen LogP contribution >= 0.6 is 0 Å². The van der Waals surface area contributed by atoms with Crippen molar-refractivity contribution in [1.82, 2.24) is 20.2 Å². The van der Waals surface area contributed by atoms with Crippen molar-refractivity contribution in [3.05, 3.63) is 82.7 Å². The minimum absolute atomic E-state index is 0.191. The molecular weight excluding hydrogens is 493 g/mol. The number of methoxy groups -OCH3 is 1. The predicted molar refractivity (Wildman–Crippen MR) is 153 cm³/mol. The Morgan fingerprint density at radius 2 is 1.87 bits per heavy atom. The largest absolute Gasteiger partial charge is 0.497 e. The van der Waals surface area contributed by atoms with Gasteiger partial charge in [0.05, 0.1) is 18.4 Å². The van der Waals surface area contributed by atoms with Gasteiger partial charge in [-0.3, -0.25) is 9.78 Å². The minimum atomic E-state index is -0.556. The van der Waals surface area contributed by atoms with Crippen LogP contribution in [0.5, 0.6) is 5.75 Å². The van der Waals surface area contributed by atoms with Gasteiger partial charge in [-0.2, -0.15) is 4.39 Å². The molecule has 7 nitrogen and oxygen atoms in total. The number of aryl methyl sites for hydroxylation is 3. The van der Waals surface area contributed by atoms with Crippen molar-refractivity contribution < 1.29 is 13.9 Å². The molecule has 1 aliphatic rings. The number of nitrogens with zero attached hydrogens (tertiary/aromatic N) is 4. The number of carbonyl (C=O) groups excluding carboxylic acids is 1. The van der Waals surface area contributed by atoms with Gasteiger partial charge in [0, 0.05) is 56.3 Å². The van der Waals surface area contributed by atoms with Crippen molar-refractivity contribution in [2.45, 2.75) is 65.6 Å². The summed E-state index contributed by atoms with van der Waals surface area (Å²) in [5, 5.41) is 3.01. The van der Waals surface area contributed by atoms with Crippen LogP contribution in [0.15, 0.2) is 48.8 Å². The van der Waals surface area contributed by atoms with E-state index < -0.39 is 5.95 Å². The molecule has 0 spiro atoms. The Kier molecular flexibility index (Phi) is 9.51. The molecule has 0 radical (unpaired) electrons. The van der Waals surface area contributed by atoms with E-state index in [1.54, 1.807) is 21.0 Å². The van der Waals surface area contributed by atoms with Crippen LogP contribution in [0.1, 0.15) is 58.9 Å². The van der Waals surface area contributed by atoms with Crippen LogP contribution in [-0.4, -0.2) is 59.6 Å². The zero-order chi connectivity index (χ0) is 27.9. The van der Waals surface area contributed by atoms with Gasteiger partial charge in [-0.1, -0.05) is 0 Å². The van der Waals surface area contributed by atoms with Crippen molar-refractivity contribution in [2.75, 3.05) is 31.6 Å². The van der Waals surface area contributed by atoms with Gasteiger partial charge >= 0.3 is 0 Å². The van der Waals surface area contributed by atoms with Crippen LogP contribution in [0.4, 0.5) is 10.1 Å². The number of carbonyl (C=O) groups is 1. The number of hydrogen-bond donors (Lipinski definition) is 1. The molecule has 1 N–H and O–H groups in total. The summed E-state index contributed by atoms with van der Waals surface area (Å²) in [5.74, 6) is 0.108. The summed E-state index contributed by atoms with van der Waals surface area (Å²) in [6.45, 7) is 11.2. The first-order valence-corrected chi connectivity index (χ1v) is 13.7. The highest BCUT2D eigenvalue weighted by Crippen LogP contribution is 2.29. The molecular formula is C31H40FN5O2. The third-order valence-electron chi connectivity index (χ3n) is 7.90. The second kappa shape index (κ2) is 13.0. The molecule has 1 aromatic carbocycles. The van der Waals surface area contributed by atoms with E-state index in [1.807, 2.05) is 24.5 Å². The van der Waals surface area contributed by atoms with Crippen LogP contribution in [0.3, 0.4) is 0 Å². The van der Waals surface area contributed by atoms with E-state index in [0.717, 1.165) is 44.6 Å². The number of benzene rings is 1. The Morgan fingerprint density at radius 3 is 2.51 bits per heavy atom. The normalized spacial score (nSPS) is 15.1. The summed E-state index contributed by atoms with van der Waals surface area (Å²) in [4.78, 5) is 25.9. The second-order valence-corrected chi connectivity index (χ2v) is 10.5. The molecule has 4 rings (SSSR count). The first-order valence-electron chi connectivity index (χ1n) is 13.7. The highest BCUT2D eigenvalue weighted by Gasteiger charge is 2.28. The number of amides is 1. The van der Waals surface area contributed by atoms with E-state index in [-0.39, 0.29) is 5.91 Å². The highest BCUT2D eigenvalue weighted by molar-refractivity contribution is 5.96. The van der Waals surface area contributed by atoms with Gasteiger partial charge in [0.25, 0.3) is 5.91 Å². The smallest absolute Gasteiger partial charge is 0.253 e. The lowest BCUT2D eigenvalue weighted by Gasteiger charge is -2.42. The lowest BCUT2D eigenvalue weighted by molar-refractivity contribution is 0.0943. The Hall–Kier alpha value is -3.52. The summed E-state index contributed by atoms with van der Waals surface area (Å²) in [7, 11) is 1.69. The number of rotatable bonds is 10. The molecule has 1 saturated heterocycles. The molecule has 3 aromatic rings. The van der Waals surface area contributed by atoms with E-state index in [2.05, 4.69) is 57.1 Å². The predicted octanol–water partition coefficient (Wildman–Crippen LogP) is 5.23. The molecule has 0 aliphatic carbocycles. The average Bonchev–Trinajstić information content (AvgIpc) is 2.92. The fourth-order valence-electron chi connectivity index (χ4n) is 5.48. The van der Waals surface area contributed by atoms with Gasteiger partial charge in [-0.05, 0) is 100 Å². The lowest BCUT2D eigenvalue weighted by Crippen LogP contribution is -2.48. The zero-order valence-corrected chi connectivity index (χ0v) is 23.7. The standard InChI is InChI=1S/C31H40FN5O2/c1-21-10-14-33-19-25(21)20-37(26-6-8-28(39-5)9-7-26)27-12-16-36(17-13-27)23(3)11-15-34-31(38)30-22(2)18-29(32)35-24(30)4/h6-10,14,18-19,23,27H,11-13,15-17,20H2,1-5H3,(H,34,38)/t23-/m1/s1. The van der Waals surface area contributed by atoms with E-state index >= 15 is 0 Å². The number of hydrogen-bond acceptors (Lipinski definition) is 6. The Bertz CT molecular complexity index is 1240. The maximum absolute atomic E-state index is 13.5. The number of piperidine rings is 1. The number of pyridine rings is 2. The summed E-state index contributed by atoms with van der Waals surface area (Å²) < 4.78 is 18.9. The van der Waals surface area contributed by atoms with Crippen LogP contribution in [0.2, 0.25) is 0 Å². The highest BCUT2D eigenvalue weighted by atomic mass is 19.1. The average molecular weight is 534 g/mol. The van der Waals surface area contributed by atoms with E-state index in [1.165, 1.54) is 22.9 Å². The number of likely N-dealkylation sites (tertiary alicyclic amines) is 1. The van der Waals surface area contributed by atoms with Gasteiger partial charge in [-0.25, -0.2) is 4.98 Å². The molecule has 39 heavy (non-hydrogen) atoms. The summed E-state index contributed by atoms with van der Waals surface area (Å²) in [5.41, 5.74) is 5.17. The first-order chi connectivity index (χ1) is 18.8. The molecule has 0 bridgehead atoms. The van der Waals surface area contributed by atoms with Crippen molar-refractivity contribution in [2.24, 2.45) is 0 Å². The fourth-order valence-corrected chi connectivity index (χ4v) is 5.48. The van der Waals surface area contributed by atoms with Gasteiger partial charge < -0.3 is 19.9 Å². The Labute approximate surface area is 231 Å². The Morgan fingerprint density at radius 1 is 1.15 bits per heavy atom. The maximum Gasteiger partial charge on any atom is 0.253 e. The Balaban J connectivity index is 1.34. The summed E-state index contributed by atoms with van der Waals surface area (Å²) >= 11 is 0. The van der Waals surface area contributed by atoms with Gasteiger partial charge in [-0.15, -0.1) is 0 Å². The number of halogens is 1. The molecule has 8 heteroatoms. The minimum Gasteiger partial charge on any atom is -0.497 e. The van der Waals surface area contributed by atoms with Crippen LogP contribution in [0, 0.1) is 26.7 Å². The van der Waals surface area contributed by atoms with Gasteiger partial charge in [0.1, 0.15) is 5.75 Å². The van der Waals surface area contributed by atoms with Gasteiger partial charge in [0.2, 0.25) is 5.95 Å². The summed E-state index contributed by atoms with van der Waals surface area (Å²) in [6, 6.07) is 12.5. The van der Waals surface area contributed by atoms with Crippen molar-refractivity contribution >= 4 is 11.6 Å². The molecule has 0 saturated carbocycles. The first kappa shape index (κ1) is 28.5. The fraction of sp³-hybridized carbons (Fsp3) is 0.452. The van der Waals surface area contributed by atoms with Gasteiger partial charge in [0.15, 0.2) is 0 Å². The topological polar surface area (TPSA) is 70.6 Å². The van der Waals surface area contributed by atoms with Crippen molar-refractivity contribution in [3.8, 4) is 5.75 Å². The van der Waals surface area contributed by atoms with Crippen molar-refractivity contribution in [1.29, 1.82) is 0 Å². The molecule has 1 atom stereocenters. The van der Waals surface area contributed by atoms with Crippen LogP contribution in [0.25, 0.3) is 0 Å². The maximum atomic E-state index is 13.5. The molecule has 1 aliphatic heterocycles. The summed E-state index contributed by atoms with van der Waals surface area (Å²) in [6.07, 6.45) is 6.78. The molecule has 208 valence electrons. The van der Waals surface area contributed by atoms with Crippen LogP contribution < -0.4 is 15.0 Å². The number of anilines is 1. The lowest BCUT2D eigenvalue weighted by atomic mass is 9.99. The third-order valence-corrected chi connectivity index (χ3v) is 7.90. The zero-order valence-electron chi connectivity index (χ0n) is 23.7. The quantitative estimate of drug-likeness (QED) is 0.360. The van der Waals surface area contributed by atoms with E-state index in [4.69, 9.17) is 4.74 Å². The number of nitrogens with one attached hydrogen (secondary N) is 1. The number of aromatic nitrogens is 2. The van der Waals surface area contributed by atoms with Crippen LogP contribution in [-0.2, 0) is 6.54 Å². The van der Waals surface area contributed by atoms with Crippen molar-refractivity contribution in [3.63, 3.8) is 0 Å². The molecule has 3 heterocycles. The monoisotopic (exact) mass is 533 g/mol. The second-order valence-electron chi connectivity index (χ2n) is 10.5. The molecule has 2 aromatic heterocycles. The molecule has 1 fully saturated rings. The third kappa shape index (κ3) is 7.12. The molecule has 1 amide bonds. The molecule has 0 unspecified atom stereocenters. The van der Waals surface area contributed by atoms with E-state index in [0.29, 0.717) is 35.4 Å². The van der Waals surface area contributed by atoms with E-state index in [9.17, 15) is 9.18 Å². The SMILES string of the molecule is COc1ccc(N(Cc2cnccc2C)C2CCN([C@H](C)CCNC(=O)c3c(C)cc(F)nc3C)CC2)cc1.